The molecule has 124 valence electrons. The molecule has 0 aromatic carbocycles. The van der Waals surface area contributed by atoms with Crippen LogP contribution in [0.25, 0.3) is 0 Å². The molecule has 7 heteroatoms. The standard InChI is InChI=1S/C14H26ClNO4S/c1-9(2)12(16-21(18,19)14(4,5)6)11(15)8-10(3)13(17)20-7/h8-10,12,16H,1-7H3/b11-8+/t10-,12-/m0/s1. The van der Waals surface area contributed by atoms with Crippen molar-refractivity contribution in [1.82, 2.24) is 4.72 Å². The number of sulfonamides is 1. The monoisotopic (exact) mass is 339 g/mol. The van der Waals surface area contributed by atoms with Gasteiger partial charge in [-0.25, -0.2) is 13.1 Å². The van der Waals surface area contributed by atoms with E-state index in [-0.39, 0.29) is 11.0 Å². The number of hydrogen-bond acceptors (Lipinski definition) is 4. The molecule has 0 amide bonds. The van der Waals surface area contributed by atoms with E-state index in [0.29, 0.717) is 0 Å². The lowest BCUT2D eigenvalue weighted by Gasteiger charge is -2.27. The molecule has 0 aromatic rings. The van der Waals surface area contributed by atoms with E-state index in [1.165, 1.54) is 13.2 Å². The molecule has 5 nitrogen and oxygen atoms in total. The van der Waals surface area contributed by atoms with E-state index >= 15 is 0 Å². The van der Waals surface area contributed by atoms with Crippen LogP contribution in [-0.2, 0) is 19.6 Å². The molecule has 0 rings (SSSR count). The highest BCUT2D eigenvalue weighted by Crippen LogP contribution is 2.23. The van der Waals surface area contributed by atoms with Crippen LogP contribution < -0.4 is 4.72 Å². The van der Waals surface area contributed by atoms with Crippen LogP contribution in [0.5, 0.6) is 0 Å². The van der Waals surface area contributed by atoms with Crippen LogP contribution in [0.4, 0.5) is 0 Å². The summed E-state index contributed by atoms with van der Waals surface area (Å²) >= 11 is 6.22. The summed E-state index contributed by atoms with van der Waals surface area (Å²) in [7, 11) is -2.25. The fourth-order valence-corrected chi connectivity index (χ4v) is 3.10. The summed E-state index contributed by atoms with van der Waals surface area (Å²) in [4.78, 5) is 11.4. The van der Waals surface area contributed by atoms with Crippen molar-refractivity contribution < 1.29 is 17.9 Å². The molecule has 0 aliphatic heterocycles. The van der Waals surface area contributed by atoms with Crippen molar-refractivity contribution >= 4 is 27.6 Å². The summed E-state index contributed by atoms with van der Waals surface area (Å²) in [5.41, 5.74) is 0. The lowest BCUT2D eigenvalue weighted by atomic mass is 10.0. The van der Waals surface area contributed by atoms with Crippen molar-refractivity contribution in [3.63, 3.8) is 0 Å². The smallest absolute Gasteiger partial charge is 0.312 e. The minimum Gasteiger partial charge on any atom is -0.469 e. The molecule has 0 radical (unpaired) electrons. The van der Waals surface area contributed by atoms with Gasteiger partial charge in [0.15, 0.2) is 0 Å². The zero-order chi connectivity index (χ0) is 17.0. The van der Waals surface area contributed by atoms with Gasteiger partial charge in [-0.3, -0.25) is 4.79 Å². The van der Waals surface area contributed by atoms with Crippen LogP contribution in [0.3, 0.4) is 0 Å². The Morgan fingerprint density at radius 3 is 2.05 bits per heavy atom. The number of hydrogen-bond donors (Lipinski definition) is 1. The maximum absolute atomic E-state index is 12.3. The number of halogens is 1. The summed E-state index contributed by atoms with van der Waals surface area (Å²) in [5, 5.41) is 0.288. The average Bonchev–Trinajstić information content (AvgIpc) is 2.32. The second-order valence-corrected chi connectivity index (χ2v) is 9.22. The van der Waals surface area contributed by atoms with Gasteiger partial charge >= 0.3 is 5.97 Å². The Hall–Kier alpha value is -0.590. The van der Waals surface area contributed by atoms with E-state index in [1.807, 2.05) is 13.8 Å². The first kappa shape index (κ1) is 20.4. The van der Waals surface area contributed by atoms with Gasteiger partial charge in [-0.2, -0.15) is 0 Å². The third-order valence-corrected chi connectivity index (χ3v) is 5.57. The highest BCUT2D eigenvalue weighted by atomic mass is 35.5. The summed E-state index contributed by atoms with van der Waals surface area (Å²) in [6.45, 7) is 10.2. The number of carbonyl (C=O) groups excluding carboxylic acids is 1. The first-order valence-corrected chi connectivity index (χ1v) is 8.66. The molecular weight excluding hydrogens is 314 g/mol. The van der Waals surface area contributed by atoms with Gasteiger partial charge in [-0.05, 0) is 33.6 Å². The number of esters is 1. The fraction of sp³-hybridized carbons (Fsp3) is 0.786. The predicted octanol–water partition coefficient (Wildman–Crippen LogP) is 2.66. The molecule has 0 saturated carbocycles. The van der Waals surface area contributed by atoms with Crippen molar-refractivity contribution in [3.05, 3.63) is 11.1 Å². The van der Waals surface area contributed by atoms with E-state index < -0.39 is 32.7 Å². The van der Waals surface area contributed by atoms with Crippen LogP contribution in [0.1, 0.15) is 41.5 Å². The van der Waals surface area contributed by atoms with Crippen molar-refractivity contribution in [3.8, 4) is 0 Å². The van der Waals surface area contributed by atoms with E-state index in [4.69, 9.17) is 11.6 Å². The van der Waals surface area contributed by atoms with Gasteiger partial charge in [-0.15, -0.1) is 0 Å². The van der Waals surface area contributed by atoms with Gasteiger partial charge in [0.2, 0.25) is 10.0 Å². The fourth-order valence-electron chi connectivity index (χ4n) is 1.45. The zero-order valence-corrected chi connectivity index (χ0v) is 15.3. The molecule has 0 spiro atoms. The topological polar surface area (TPSA) is 72.5 Å². The van der Waals surface area contributed by atoms with Crippen molar-refractivity contribution in [2.45, 2.75) is 52.3 Å². The lowest BCUT2D eigenvalue weighted by Crippen LogP contribution is -2.47. The number of rotatable bonds is 6. The van der Waals surface area contributed by atoms with Crippen molar-refractivity contribution in [2.75, 3.05) is 7.11 Å². The van der Waals surface area contributed by atoms with E-state index in [2.05, 4.69) is 9.46 Å². The summed E-state index contributed by atoms with van der Waals surface area (Å²) in [6, 6.07) is -0.581. The van der Waals surface area contributed by atoms with Gasteiger partial charge in [0.05, 0.1) is 23.8 Å². The molecule has 0 bridgehead atoms. The van der Waals surface area contributed by atoms with Gasteiger partial charge < -0.3 is 4.74 Å². The quantitative estimate of drug-likeness (QED) is 0.755. The van der Waals surface area contributed by atoms with E-state index in [9.17, 15) is 13.2 Å². The van der Waals surface area contributed by atoms with Crippen LogP contribution in [0.15, 0.2) is 11.1 Å². The summed E-state index contributed by atoms with van der Waals surface area (Å²) in [5.74, 6) is -1.02. The molecule has 0 aromatic heterocycles. The molecule has 2 atom stereocenters. The van der Waals surface area contributed by atoms with Crippen LogP contribution in [0, 0.1) is 11.8 Å². The van der Waals surface area contributed by atoms with E-state index in [0.717, 1.165) is 0 Å². The molecule has 1 N–H and O–H groups in total. The number of ether oxygens (including phenoxy) is 1. The third kappa shape index (κ3) is 5.96. The molecule has 0 unspecified atom stereocenters. The average molecular weight is 340 g/mol. The van der Waals surface area contributed by atoms with Gasteiger partial charge in [0.1, 0.15) is 0 Å². The summed E-state index contributed by atoms with van der Waals surface area (Å²) in [6.07, 6.45) is 1.52. The van der Waals surface area contributed by atoms with Gasteiger partial charge in [0.25, 0.3) is 0 Å². The molecule has 0 saturated heterocycles. The Morgan fingerprint density at radius 1 is 1.24 bits per heavy atom. The molecule has 0 heterocycles. The van der Waals surface area contributed by atoms with Crippen molar-refractivity contribution in [1.29, 1.82) is 0 Å². The first-order valence-electron chi connectivity index (χ1n) is 6.80. The van der Waals surface area contributed by atoms with Crippen molar-refractivity contribution in [2.24, 2.45) is 11.8 Å². The Labute approximate surface area is 133 Å². The molecule has 0 aliphatic carbocycles. The zero-order valence-electron chi connectivity index (χ0n) is 13.7. The maximum Gasteiger partial charge on any atom is 0.312 e. The highest BCUT2D eigenvalue weighted by molar-refractivity contribution is 7.90. The lowest BCUT2D eigenvalue weighted by molar-refractivity contribution is -0.143. The van der Waals surface area contributed by atoms with Crippen LogP contribution in [-0.4, -0.2) is 32.3 Å². The number of methoxy groups -OCH3 is 1. The minimum absolute atomic E-state index is 0.0595. The van der Waals surface area contributed by atoms with E-state index in [1.54, 1.807) is 27.7 Å². The minimum atomic E-state index is -3.54. The van der Waals surface area contributed by atoms with Crippen LogP contribution in [0.2, 0.25) is 0 Å². The Balaban J connectivity index is 5.36. The third-order valence-electron chi connectivity index (χ3n) is 3.03. The SMILES string of the molecule is COC(=O)[C@@H](C)/C=C(/Cl)[C@@H](NS(=O)(=O)C(C)(C)C)C(C)C. The molecule has 0 fully saturated rings. The van der Waals surface area contributed by atoms with Crippen LogP contribution >= 0.6 is 11.6 Å². The maximum atomic E-state index is 12.3. The normalized spacial score (nSPS) is 16.7. The Kier molecular flexibility index (Phi) is 7.39. The number of carbonyl (C=O) groups is 1. The first-order chi connectivity index (χ1) is 9.33. The highest BCUT2D eigenvalue weighted by Gasteiger charge is 2.33. The second kappa shape index (κ2) is 7.61. The second-order valence-electron chi connectivity index (χ2n) is 6.32. The molecule has 0 aliphatic rings. The largest absolute Gasteiger partial charge is 0.469 e. The van der Waals surface area contributed by atoms with Gasteiger partial charge in [-0.1, -0.05) is 31.5 Å². The molecular formula is C14H26ClNO4S. The number of nitrogens with one attached hydrogen (secondary N) is 1. The molecule has 21 heavy (non-hydrogen) atoms. The summed E-state index contributed by atoms with van der Waals surface area (Å²) < 4.78 is 30.8. The Bertz CT molecular complexity index is 492. The van der Waals surface area contributed by atoms with Gasteiger partial charge in [0, 0.05) is 5.03 Å². The predicted molar refractivity (Wildman–Crippen MR) is 85.6 cm³/mol. The Morgan fingerprint density at radius 2 is 1.71 bits per heavy atom.